The summed E-state index contributed by atoms with van der Waals surface area (Å²) in [4.78, 5) is 2.49. The minimum absolute atomic E-state index is 0. The van der Waals surface area contributed by atoms with Crippen molar-refractivity contribution >= 4 is 29.4 Å². The molecule has 3 aromatic carbocycles. The maximum absolute atomic E-state index is 9.81. The summed E-state index contributed by atoms with van der Waals surface area (Å²) in [6.45, 7) is 7.16. The molecule has 30 heavy (non-hydrogen) atoms. The number of phenols is 1. The number of hydrogen-bond acceptors (Lipinski definition) is 5. The molecule has 5 nitrogen and oxygen atoms in total. The van der Waals surface area contributed by atoms with Crippen LogP contribution < -0.4 is 4.74 Å². The predicted octanol–water partition coefficient (Wildman–Crippen LogP) is 4.52. The van der Waals surface area contributed by atoms with E-state index < -0.39 is 0 Å². The first-order valence-electron chi connectivity index (χ1n) is 10.2. The van der Waals surface area contributed by atoms with Gasteiger partial charge < -0.3 is 9.84 Å². The lowest BCUT2D eigenvalue weighted by molar-refractivity contribution is 0.131. The largest absolute Gasteiger partial charge is 0.504 e. The topological polar surface area (TPSA) is 48.3 Å². The monoisotopic (exact) mass is 425 g/mol. The van der Waals surface area contributed by atoms with Crippen LogP contribution in [0.15, 0.2) is 65.8 Å². The highest BCUT2D eigenvalue weighted by Crippen LogP contribution is 2.26. The van der Waals surface area contributed by atoms with E-state index in [1.54, 1.807) is 6.07 Å². The van der Waals surface area contributed by atoms with E-state index >= 15 is 0 Å². The Morgan fingerprint density at radius 3 is 2.57 bits per heavy atom. The van der Waals surface area contributed by atoms with Gasteiger partial charge in [-0.25, -0.2) is 0 Å². The number of aromatic hydroxyl groups is 1. The summed E-state index contributed by atoms with van der Waals surface area (Å²) in [5, 5.41) is 19.2. The molecule has 6 heteroatoms. The lowest BCUT2D eigenvalue weighted by Gasteiger charge is -2.33. The summed E-state index contributed by atoms with van der Waals surface area (Å²) in [7, 11) is 0. The van der Waals surface area contributed by atoms with Gasteiger partial charge >= 0.3 is 0 Å². The minimum atomic E-state index is 0. The summed E-state index contributed by atoms with van der Waals surface area (Å²) < 4.78 is 5.44. The molecule has 4 rings (SSSR count). The Labute approximate surface area is 184 Å². The Hall–Kier alpha value is -2.76. The van der Waals surface area contributed by atoms with Crippen molar-refractivity contribution in [3.05, 3.63) is 71.8 Å². The Kier molecular flexibility index (Phi) is 7.55. The highest BCUT2D eigenvalue weighted by atomic mass is 35.5. The van der Waals surface area contributed by atoms with Gasteiger partial charge in [0.05, 0.1) is 12.8 Å². The van der Waals surface area contributed by atoms with Gasteiger partial charge in [0.2, 0.25) is 0 Å². The van der Waals surface area contributed by atoms with E-state index in [2.05, 4.69) is 57.5 Å². The second kappa shape index (κ2) is 10.3. The Balaban J connectivity index is 0.00000256. The fourth-order valence-corrected chi connectivity index (χ4v) is 3.71. The van der Waals surface area contributed by atoms with E-state index in [-0.39, 0.29) is 18.2 Å². The molecular formula is C24H28ClN3O2. The molecule has 158 valence electrons. The first kappa shape index (κ1) is 21.9. The molecule has 0 bridgehead atoms. The van der Waals surface area contributed by atoms with Crippen LogP contribution in [-0.2, 0) is 6.54 Å². The summed E-state index contributed by atoms with van der Waals surface area (Å²) >= 11 is 0. The smallest absolute Gasteiger partial charge is 0.161 e. The average Bonchev–Trinajstić information content (AvgIpc) is 2.76. The summed E-state index contributed by atoms with van der Waals surface area (Å²) in [5.41, 5.74) is 2.30. The maximum Gasteiger partial charge on any atom is 0.161 e. The first-order valence-corrected chi connectivity index (χ1v) is 10.2. The number of nitrogens with zero attached hydrogens (tertiary/aromatic N) is 3. The van der Waals surface area contributed by atoms with Gasteiger partial charge in [-0.15, -0.1) is 12.4 Å². The number of halogens is 1. The third-order valence-corrected chi connectivity index (χ3v) is 5.28. The number of piperazine rings is 1. The van der Waals surface area contributed by atoms with Crippen molar-refractivity contribution in [2.45, 2.75) is 13.5 Å². The van der Waals surface area contributed by atoms with Crippen molar-refractivity contribution in [2.75, 3.05) is 32.8 Å². The Morgan fingerprint density at radius 1 is 1.00 bits per heavy atom. The van der Waals surface area contributed by atoms with Gasteiger partial charge in [0.25, 0.3) is 0 Å². The molecule has 0 saturated carbocycles. The predicted molar refractivity (Wildman–Crippen MR) is 125 cm³/mol. The normalized spacial score (nSPS) is 14.8. The molecule has 0 atom stereocenters. The molecule has 1 N–H and O–H groups in total. The van der Waals surface area contributed by atoms with Crippen LogP contribution >= 0.6 is 12.4 Å². The second-order valence-corrected chi connectivity index (χ2v) is 7.27. The second-order valence-electron chi connectivity index (χ2n) is 7.27. The van der Waals surface area contributed by atoms with Crippen LogP contribution in [0.5, 0.6) is 11.5 Å². The number of hydrogen-bond donors (Lipinski definition) is 1. The summed E-state index contributed by atoms with van der Waals surface area (Å²) in [5.74, 6) is 0.655. The lowest BCUT2D eigenvalue weighted by atomic mass is 10.0. The first-order chi connectivity index (χ1) is 14.2. The number of fused-ring (bicyclic) bond motifs is 1. The lowest BCUT2D eigenvalue weighted by Crippen LogP contribution is -2.43. The molecule has 1 heterocycles. The van der Waals surface area contributed by atoms with E-state index in [4.69, 9.17) is 4.74 Å². The molecule has 0 amide bonds. The molecule has 0 aromatic heterocycles. The Morgan fingerprint density at radius 2 is 1.77 bits per heavy atom. The van der Waals surface area contributed by atoms with Crippen LogP contribution in [-0.4, -0.2) is 54.0 Å². The van der Waals surface area contributed by atoms with Crippen molar-refractivity contribution in [1.29, 1.82) is 0 Å². The number of phenolic OH excluding ortho intramolecular Hbond substituents is 1. The van der Waals surface area contributed by atoms with Crippen molar-refractivity contribution in [1.82, 2.24) is 9.91 Å². The van der Waals surface area contributed by atoms with Crippen LogP contribution in [0, 0.1) is 0 Å². The molecule has 1 fully saturated rings. The zero-order valence-electron chi connectivity index (χ0n) is 17.2. The van der Waals surface area contributed by atoms with Gasteiger partial charge in [-0.3, -0.25) is 9.91 Å². The SMILES string of the molecule is CCOc1cc(/C=N/N2CCN(Cc3cccc4ccccc34)CC2)ccc1O.Cl. The van der Waals surface area contributed by atoms with E-state index in [0.717, 1.165) is 38.3 Å². The number of hydrazone groups is 1. The van der Waals surface area contributed by atoms with Crippen molar-refractivity contribution in [3.8, 4) is 11.5 Å². The zero-order chi connectivity index (χ0) is 20.1. The molecule has 1 saturated heterocycles. The third-order valence-electron chi connectivity index (χ3n) is 5.28. The Bertz CT molecular complexity index is 995. The fraction of sp³-hybridized carbons (Fsp3) is 0.292. The van der Waals surface area contributed by atoms with E-state index in [0.29, 0.717) is 12.4 Å². The standard InChI is InChI=1S/C24H27N3O2.ClH/c1-2-29-24-16-19(10-11-23(24)28)17-25-27-14-12-26(13-15-27)18-21-8-5-7-20-6-3-4-9-22(20)21;/h3-11,16-17,28H,2,12-15,18H2,1H3;1H/b25-17+;. The number of rotatable bonds is 6. The number of ether oxygens (including phenoxy) is 1. The van der Waals surface area contributed by atoms with Crippen molar-refractivity contribution in [2.24, 2.45) is 5.10 Å². The molecule has 1 aliphatic heterocycles. The minimum Gasteiger partial charge on any atom is -0.504 e. The molecule has 3 aromatic rings. The van der Waals surface area contributed by atoms with E-state index in [9.17, 15) is 5.11 Å². The maximum atomic E-state index is 9.81. The molecular weight excluding hydrogens is 398 g/mol. The van der Waals surface area contributed by atoms with Gasteiger partial charge in [0, 0.05) is 32.7 Å². The molecule has 0 spiro atoms. The van der Waals surface area contributed by atoms with Crippen LogP contribution in [0.25, 0.3) is 10.8 Å². The van der Waals surface area contributed by atoms with Gasteiger partial charge in [0.1, 0.15) is 0 Å². The van der Waals surface area contributed by atoms with E-state index in [1.807, 2.05) is 25.3 Å². The van der Waals surface area contributed by atoms with Crippen LogP contribution in [0.4, 0.5) is 0 Å². The quantitative estimate of drug-likeness (QED) is 0.590. The molecule has 0 radical (unpaired) electrons. The highest BCUT2D eigenvalue weighted by Gasteiger charge is 2.16. The van der Waals surface area contributed by atoms with Gasteiger partial charge in [-0.1, -0.05) is 42.5 Å². The summed E-state index contributed by atoms with van der Waals surface area (Å²) in [6.07, 6.45) is 1.84. The van der Waals surface area contributed by atoms with E-state index in [1.165, 1.54) is 16.3 Å². The average molecular weight is 426 g/mol. The van der Waals surface area contributed by atoms with Crippen LogP contribution in [0.1, 0.15) is 18.1 Å². The van der Waals surface area contributed by atoms with Crippen molar-refractivity contribution in [3.63, 3.8) is 0 Å². The molecule has 0 aliphatic carbocycles. The number of benzene rings is 3. The van der Waals surface area contributed by atoms with Gasteiger partial charge in [-0.05, 0) is 47.0 Å². The van der Waals surface area contributed by atoms with Gasteiger partial charge in [0.15, 0.2) is 11.5 Å². The molecule has 1 aliphatic rings. The highest BCUT2D eigenvalue weighted by molar-refractivity contribution is 5.86. The third kappa shape index (κ3) is 5.23. The van der Waals surface area contributed by atoms with Crippen molar-refractivity contribution < 1.29 is 9.84 Å². The zero-order valence-corrected chi connectivity index (χ0v) is 18.0. The fourth-order valence-electron chi connectivity index (χ4n) is 3.71. The van der Waals surface area contributed by atoms with Crippen LogP contribution in [0.3, 0.4) is 0 Å². The molecule has 0 unspecified atom stereocenters. The van der Waals surface area contributed by atoms with Gasteiger partial charge in [-0.2, -0.15) is 5.10 Å². The summed E-state index contributed by atoms with van der Waals surface area (Å²) in [6, 6.07) is 20.4. The van der Waals surface area contributed by atoms with Crippen LogP contribution in [0.2, 0.25) is 0 Å².